The smallest absolute Gasteiger partial charge is 0.0468 e. The summed E-state index contributed by atoms with van der Waals surface area (Å²) in [6, 6.07) is 43.4. The van der Waals surface area contributed by atoms with E-state index in [2.05, 4.69) is 146 Å². The number of aryl methyl sites for hydroxylation is 1. The Balaban J connectivity index is 1.56. The third-order valence-corrected chi connectivity index (χ3v) is 6.27. The monoisotopic (exact) mass is 439 g/mol. The molecule has 0 N–H and O–H groups in total. The van der Waals surface area contributed by atoms with Crippen LogP contribution in [-0.4, -0.2) is 0 Å². The number of hydrogen-bond donors (Lipinski definition) is 0. The fraction of sp³-hybridized carbons (Fsp3) is 0.0909. The van der Waals surface area contributed by atoms with Gasteiger partial charge in [0.25, 0.3) is 0 Å². The highest BCUT2D eigenvalue weighted by Gasteiger charge is 2.13. The summed E-state index contributed by atoms with van der Waals surface area (Å²) in [5.41, 5.74) is 8.56. The van der Waals surface area contributed by atoms with E-state index in [1.807, 2.05) is 0 Å². The molecule has 0 atom stereocenters. The van der Waals surface area contributed by atoms with Crippen molar-refractivity contribution in [2.24, 2.45) is 0 Å². The number of hydrogen-bond acceptors (Lipinski definition) is 1. The molecule has 166 valence electrons. The summed E-state index contributed by atoms with van der Waals surface area (Å²) in [4.78, 5) is 2.34. The van der Waals surface area contributed by atoms with E-state index in [0.717, 1.165) is 23.5 Å². The van der Waals surface area contributed by atoms with Crippen molar-refractivity contribution in [3.8, 4) is 0 Å². The molecule has 0 aromatic heterocycles. The summed E-state index contributed by atoms with van der Waals surface area (Å²) in [5.74, 6) is 0. The molecule has 34 heavy (non-hydrogen) atoms. The zero-order valence-corrected chi connectivity index (χ0v) is 19.8. The molecule has 5 aromatic carbocycles. The van der Waals surface area contributed by atoms with Crippen molar-refractivity contribution in [3.05, 3.63) is 138 Å². The molecule has 0 aliphatic heterocycles. The van der Waals surface area contributed by atoms with Crippen LogP contribution in [0.15, 0.2) is 121 Å². The van der Waals surface area contributed by atoms with Crippen LogP contribution in [0.3, 0.4) is 0 Å². The molecule has 0 fully saturated rings. The zero-order chi connectivity index (χ0) is 23.3. The van der Waals surface area contributed by atoms with Crippen LogP contribution in [0.5, 0.6) is 0 Å². The van der Waals surface area contributed by atoms with E-state index in [-0.39, 0.29) is 0 Å². The van der Waals surface area contributed by atoms with Gasteiger partial charge in [-0.25, -0.2) is 0 Å². The fourth-order valence-electron chi connectivity index (χ4n) is 4.49. The van der Waals surface area contributed by atoms with Crippen LogP contribution >= 0.6 is 0 Å². The van der Waals surface area contributed by atoms with Gasteiger partial charge in [-0.05, 0) is 82.8 Å². The van der Waals surface area contributed by atoms with Crippen molar-refractivity contribution >= 4 is 39.5 Å². The van der Waals surface area contributed by atoms with Crippen LogP contribution in [0, 0.1) is 6.92 Å². The second kappa shape index (κ2) is 9.80. The van der Waals surface area contributed by atoms with Crippen molar-refractivity contribution in [3.63, 3.8) is 0 Å². The summed E-state index contributed by atoms with van der Waals surface area (Å²) in [5, 5.41) is 2.50. The van der Waals surface area contributed by atoms with Gasteiger partial charge < -0.3 is 4.90 Å². The highest BCUT2D eigenvalue weighted by atomic mass is 15.1. The molecule has 0 aliphatic carbocycles. The summed E-state index contributed by atoms with van der Waals surface area (Å²) in [6.07, 6.45) is 3.30. The first-order valence-electron chi connectivity index (χ1n) is 11.9. The maximum atomic E-state index is 2.34. The molecule has 0 amide bonds. The fourth-order valence-corrected chi connectivity index (χ4v) is 4.49. The second-order valence-corrected chi connectivity index (χ2v) is 8.69. The van der Waals surface area contributed by atoms with Gasteiger partial charge in [-0.1, -0.05) is 97.9 Å². The number of rotatable bonds is 6. The van der Waals surface area contributed by atoms with Crippen LogP contribution in [0.25, 0.3) is 22.4 Å². The number of benzene rings is 5. The minimum Gasteiger partial charge on any atom is -0.310 e. The van der Waals surface area contributed by atoms with Gasteiger partial charge in [-0.15, -0.1) is 0 Å². The average Bonchev–Trinajstić information content (AvgIpc) is 2.89. The summed E-state index contributed by atoms with van der Waals surface area (Å²) in [7, 11) is 0. The van der Waals surface area contributed by atoms with Crippen LogP contribution in [0.4, 0.5) is 17.1 Å². The molecule has 0 saturated carbocycles. The Hall–Kier alpha value is -4.10. The molecule has 5 rings (SSSR count). The molecule has 0 unspecified atom stereocenters. The van der Waals surface area contributed by atoms with Crippen LogP contribution in [0.2, 0.25) is 0 Å². The largest absolute Gasteiger partial charge is 0.310 e. The SMILES string of the molecule is CC/C(=C\c1ccc(N(c2cccc(C)c2)c2ccc3ccccc3c2)cc1)c1ccccc1. The van der Waals surface area contributed by atoms with Gasteiger partial charge in [0.2, 0.25) is 0 Å². The van der Waals surface area contributed by atoms with Crippen molar-refractivity contribution < 1.29 is 0 Å². The first kappa shape index (κ1) is 21.7. The van der Waals surface area contributed by atoms with Gasteiger partial charge in [0.05, 0.1) is 0 Å². The number of anilines is 3. The maximum absolute atomic E-state index is 2.34. The molecule has 0 saturated heterocycles. The third-order valence-electron chi connectivity index (χ3n) is 6.27. The minimum absolute atomic E-state index is 0.998. The Morgan fingerprint density at radius 2 is 1.29 bits per heavy atom. The first-order chi connectivity index (χ1) is 16.7. The highest BCUT2D eigenvalue weighted by molar-refractivity contribution is 5.89. The summed E-state index contributed by atoms with van der Waals surface area (Å²) < 4.78 is 0. The lowest BCUT2D eigenvalue weighted by Gasteiger charge is -2.26. The lowest BCUT2D eigenvalue weighted by atomic mass is 10.0. The normalized spacial score (nSPS) is 11.5. The quantitative estimate of drug-likeness (QED) is 0.238. The standard InChI is InChI=1S/C33H29N/c1-3-27(28-11-5-4-6-12-28)23-26-16-19-31(20-17-26)34(32-15-9-10-25(2)22-32)33-21-18-29-13-7-8-14-30(29)24-33/h4-24H,3H2,1-2H3/b27-23+. The Morgan fingerprint density at radius 3 is 2.03 bits per heavy atom. The predicted octanol–water partition coefficient (Wildman–Crippen LogP) is 9.57. The molecule has 5 aromatic rings. The van der Waals surface area contributed by atoms with Crippen molar-refractivity contribution in [1.82, 2.24) is 0 Å². The Bertz CT molecular complexity index is 1430. The van der Waals surface area contributed by atoms with E-state index in [4.69, 9.17) is 0 Å². The van der Waals surface area contributed by atoms with Gasteiger partial charge >= 0.3 is 0 Å². The van der Waals surface area contributed by atoms with E-state index in [9.17, 15) is 0 Å². The topological polar surface area (TPSA) is 3.24 Å². The second-order valence-electron chi connectivity index (χ2n) is 8.69. The van der Waals surface area contributed by atoms with E-state index in [1.54, 1.807) is 0 Å². The van der Waals surface area contributed by atoms with Crippen LogP contribution in [0.1, 0.15) is 30.0 Å². The molecule has 0 spiro atoms. The maximum Gasteiger partial charge on any atom is 0.0468 e. The van der Waals surface area contributed by atoms with Gasteiger partial charge in [0.1, 0.15) is 0 Å². The van der Waals surface area contributed by atoms with E-state index in [1.165, 1.54) is 33.0 Å². The van der Waals surface area contributed by atoms with Crippen molar-refractivity contribution in [2.45, 2.75) is 20.3 Å². The molecule has 0 bridgehead atoms. The number of fused-ring (bicyclic) bond motifs is 1. The Morgan fingerprint density at radius 1 is 0.618 bits per heavy atom. The van der Waals surface area contributed by atoms with E-state index < -0.39 is 0 Å². The number of nitrogens with zero attached hydrogens (tertiary/aromatic N) is 1. The van der Waals surface area contributed by atoms with Gasteiger partial charge in [0.15, 0.2) is 0 Å². The van der Waals surface area contributed by atoms with Crippen molar-refractivity contribution in [1.29, 1.82) is 0 Å². The molecule has 1 nitrogen and oxygen atoms in total. The minimum atomic E-state index is 0.998. The Kier molecular flexibility index (Phi) is 6.27. The highest BCUT2D eigenvalue weighted by Crippen LogP contribution is 2.36. The summed E-state index contributed by atoms with van der Waals surface area (Å²) in [6.45, 7) is 4.36. The van der Waals surface area contributed by atoms with Gasteiger partial charge in [-0.2, -0.15) is 0 Å². The zero-order valence-electron chi connectivity index (χ0n) is 19.8. The molecule has 0 aliphatic rings. The van der Waals surface area contributed by atoms with E-state index >= 15 is 0 Å². The lowest BCUT2D eigenvalue weighted by molar-refractivity contribution is 1.24. The van der Waals surface area contributed by atoms with E-state index in [0.29, 0.717) is 0 Å². The molecular weight excluding hydrogens is 410 g/mol. The average molecular weight is 440 g/mol. The van der Waals surface area contributed by atoms with Gasteiger partial charge in [0, 0.05) is 17.1 Å². The third kappa shape index (κ3) is 4.65. The molecule has 0 heterocycles. The molecule has 0 radical (unpaired) electrons. The Labute approximate surface area is 202 Å². The predicted molar refractivity (Wildman–Crippen MR) is 148 cm³/mol. The van der Waals surface area contributed by atoms with Crippen molar-refractivity contribution in [2.75, 3.05) is 4.90 Å². The number of allylic oxidation sites excluding steroid dienone is 1. The van der Waals surface area contributed by atoms with Gasteiger partial charge in [-0.3, -0.25) is 0 Å². The first-order valence-corrected chi connectivity index (χ1v) is 11.9. The summed E-state index contributed by atoms with van der Waals surface area (Å²) >= 11 is 0. The molecular formula is C33H29N. The van der Waals surface area contributed by atoms with Crippen LogP contribution < -0.4 is 4.90 Å². The molecule has 1 heteroatoms. The van der Waals surface area contributed by atoms with Crippen LogP contribution in [-0.2, 0) is 0 Å². The lowest BCUT2D eigenvalue weighted by Crippen LogP contribution is -2.10.